The number of piperidine rings is 1. The summed E-state index contributed by atoms with van der Waals surface area (Å²) < 4.78 is 47.4. The van der Waals surface area contributed by atoms with Crippen molar-refractivity contribution in [2.75, 3.05) is 7.05 Å². The molecule has 5 rings (SSSR count). The van der Waals surface area contributed by atoms with Gasteiger partial charge in [0.15, 0.2) is 0 Å². The minimum Gasteiger partial charge on any atom is -0.351 e. The lowest BCUT2D eigenvalue weighted by molar-refractivity contribution is -0.130. The van der Waals surface area contributed by atoms with Crippen LogP contribution in [0.15, 0.2) is 102 Å². The molecule has 4 aromatic carbocycles. The zero-order valence-corrected chi connectivity index (χ0v) is 30.2. The van der Waals surface area contributed by atoms with Crippen LogP contribution in [-0.4, -0.2) is 59.9 Å². The molecule has 0 aliphatic carbocycles. The van der Waals surface area contributed by atoms with Gasteiger partial charge in [-0.05, 0) is 101 Å². The van der Waals surface area contributed by atoms with Crippen molar-refractivity contribution in [1.29, 1.82) is 0 Å². The Morgan fingerprint density at radius 3 is 1.94 bits per heavy atom. The first kappa shape index (κ1) is 36.9. The van der Waals surface area contributed by atoms with Gasteiger partial charge in [0, 0.05) is 29.1 Å². The van der Waals surface area contributed by atoms with Crippen LogP contribution in [0.3, 0.4) is 0 Å². The van der Waals surface area contributed by atoms with Crippen molar-refractivity contribution in [2.45, 2.75) is 87.9 Å². The maximum atomic E-state index is 15.2. The van der Waals surface area contributed by atoms with E-state index in [0.717, 1.165) is 35.1 Å². The number of benzene rings is 4. The first-order chi connectivity index (χ1) is 23.4. The maximum Gasteiger partial charge on any atom is 0.294 e. The molecule has 1 heterocycles. The van der Waals surface area contributed by atoms with Gasteiger partial charge in [-0.1, -0.05) is 78.9 Å². The van der Waals surface area contributed by atoms with Crippen molar-refractivity contribution in [3.8, 4) is 22.3 Å². The highest BCUT2D eigenvalue weighted by molar-refractivity contribution is 7.85. The minimum absolute atomic E-state index is 0.103. The number of amides is 2. The highest BCUT2D eigenvalue weighted by Crippen LogP contribution is 2.37. The Labute approximate surface area is 294 Å². The zero-order chi connectivity index (χ0) is 36.4. The summed E-state index contributed by atoms with van der Waals surface area (Å²) in [5.41, 5.74) is 3.74. The molecule has 1 aliphatic heterocycles. The molecule has 0 unspecified atom stereocenters. The molecule has 2 atom stereocenters. The Morgan fingerprint density at radius 2 is 1.40 bits per heavy atom. The van der Waals surface area contributed by atoms with Crippen LogP contribution in [0, 0.1) is 5.82 Å². The summed E-state index contributed by atoms with van der Waals surface area (Å²) in [4.78, 5) is 29.9. The summed E-state index contributed by atoms with van der Waals surface area (Å²) in [7, 11) is -2.20. The zero-order valence-electron chi connectivity index (χ0n) is 29.4. The SMILES string of the molecule is C[C@H](C(=O)N[C@@H](Cc1ccc(-c2ccc(S(=O)(=O)O)cc2)cc1)C(=O)NC1CC(C)(C)N(C)C(C)(C)C1)c1ccc(-c2ccccc2)c(F)c1. The van der Waals surface area contributed by atoms with Crippen LogP contribution in [0.4, 0.5) is 4.39 Å². The second-order valence-electron chi connectivity index (χ2n) is 14.6. The summed E-state index contributed by atoms with van der Waals surface area (Å²) in [6.07, 6.45) is 1.70. The van der Waals surface area contributed by atoms with Crippen LogP contribution >= 0.6 is 0 Å². The highest BCUT2D eigenvalue weighted by Gasteiger charge is 2.44. The Bertz CT molecular complexity index is 1930. The van der Waals surface area contributed by atoms with Crippen LogP contribution in [0.2, 0.25) is 0 Å². The number of carbonyl (C=O) groups excluding carboxylic acids is 2. The molecule has 0 radical (unpaired) electrons. The molecule has 1 saturated heterocycles. The lowest BCUT2D eigenvalue weighted by Crippen LogP contribution is -2.63. The van der Waals surface area contributed by atoms with Crippen LogP contribution in [-0.2, 0) is 26.1 Å². The third-order valence-electron chi connectivity index (χ3n) is 10.1. The minimum atomic E-state index is -4.30. The molecular formula is C40H46FN3O5S. The van der Waals surface area contributed by atoms with Gasteiger partial charge in [0.05, 0.1) is 10.8 Å². The van der Waals surface area contributed by atoms with Crippen LogP contribution in [0.5, 0.6) is 0 Å². The third-order valence-corrected chi connectivity index (χ3v) is 11.0. The Kier molecular flexibility index (Phi) is 10.7. The van der Waals surface area contributed by atoms with Crippen molar-refractivity contribution >= 4 is 21.9 Å². The van der Waals surface area contributed by atoms with E-state index in [1.807, 2.05) is 54.6 Å². The van der Waals surface area contributed by atoms with E-state index in [2.05, 4.69) is 50.3 Å². The quantitative estimate of drug-likeness (QED) is 0.154. The van der Waals surface area contributed by atoms with Gasteiger partial charge in [-0.2, -0.15) is 8.42 Å². The van der Waals surface area contributed by atoms with Gasteiger partial charge in [0.2, 0.25) is 11.8 Å². The molecular weight excluding hydrogens is 654 g/mol. The van der Waals surface area contributed by atoms with Crippen LogP contribution in [0.25, 0.3) is 22.3 Å². The molecule has 0 aromatic heterocycles. The standard InChI is InChI=1S/C40H46FN3O5S/c1-26(31-18-21-34(35(41)23-31)30-10-8-7-9-11-30)37(45)43-36(38(46)42-32-24-39(2,3)44(6)40(4,5)25-32)22-27-12-14-28(15-13-27)29-16-19-33(20-17-29)50(47,48)49/h7-21,23,26,32,36H,22,24-25H2,1-6H3,(H,42,46)(H,43,45)(H,47,48,49)/t26-,36-/m0/s1. The largest absolute Gasteiger partial charge is 0.351 e. The topological polar surface area (TPSA) is 116 Å². The van der Waals surface area contributed by atoms with E-state index in [-0.39, 0.29) is 34.3 Å². The van der Waals surface area contributed by atoms with Gasteiger partial charge in [-0.3, -0.25) is 19.0 Å². The first-order valence-electron chi connectivity index (χ1n) is 16.8. The van der Waals surface area contributed by atoms with Gasteiger partial charge in [-0.25, -0.2) is 4.39 Å². The van der Waals surface area contributed by atoms with Gasteiger partial charge in [-0.15, -0.1) is 0 Å². The molecule has 8 nitrogen and oxygen atoms in total. The van der Waals surface area contributed by atoms with Crippen molar-refractivity contribution in [1.82, 2.24) is 15.5 Å². The van der Waals surface area contributed by atoms with Gasteiger partial charge < -0.3 is 10.6 Å². The van der Waals surface area contributed by atoms with E-state index in [0.29, 0.717) is 11.1 Å². The number of carbonyl (C=O) groups is 2. The smallest absolute Gasteiger partial charge is 0.294 e. The first-order valence-corrected chi connectivity index (χ1v) is 18.2. The monoisotopic (exact) mass is 699 g/mol. The van der Waals surface area contributed by atoms with E-state index in [9.17, 15) is 22.6 Å². The molecule has 2 amide bonds. The average molecular weight is 700 g/mol. The van der Waals surface area contributed by atoms with Crippen molar-refractivity contribution in [3.63, 3.8) is 0 Å². The summed E-state index contributed by atoms with van der Waals surface area (Å²) in [6, 6.07) is 26.3. The molecule has 264 valence electrons. The van der Waals surface area contributed by atoms with Crippen molar-refractivity contribution < 1.29 is 27.0 Å². The van der Waals surface area contributed by atoms with E-state index >= 15 is 4.39 Å². The number of nitrogens with zero attached hydrogens (tertiary/aromatic N) is 1. The Hall–Kier alpha value is -4.38. The van der Waals surface area contributed by atoms with E-state index in [1.165, 1.54) is 18.2 Å². The molecule has 10 heteroatoms. The summed E-state index contributed by atoms with van der Waals surface area (Å²) >= 11 is 0. The van der Waals surface area contributed by atoms with Gasteiger partial charge in [0.25, 0.3) is 10.1 Å². The van der Waals surface area contributed by atoms with Gasteiger partial charge in [0.1, 0.15) is 11.9 Å². The number of likely N-dealkylation sites (tertiary alicyclic amines) is 1. The third kappa shape index (κ3) is 8.49. The summed E-state index contributed by atoms with van der Waals surface area (Å²) in [6.45, 7) is 10.3. The molecule has 1 aliphatic rings. The molecule has 0 spiro atoms. The maximum absolute atomic E-state index is 15.2. The highest BCUT2D eigenvalue weighted by atomic mass is 32.2. The number of halogens is 1. The second-order valence-corrected chi connectivity index (χ2v) is 16.0. The fourth-order valence-electron chi connectivity index (χ4n) is 6.97. The summed E-state index contributed by atoms with van der Waals surface area (Å²) in [5, 5.41) is 6.21. The number of nitrogens with one attached hydrogen (secondary N) is 2. The fourth-order valence-corrected chi connectivity index (χ4v) is 7.45. The van der Waals surface area contributed by atoms with Gasteiger partial charge >= 0.3 is 0 Å². The van der Waals surface area contributed by atoms with E-state index in [1.54, 1.807) is 31.2 Å². The predicted octanol–water partition coefficient (Wildman–Crippen LogP) is 7.01. The second kappa shape index (κ2) is 14.5. The predicted molar refractivity (Wildman–Crippen MR) is 195 cm³/mol. The average Bonchev–Trinajstić information content (AvgIpc) is 3.06. The van der Waals surface area contributed by atoms with Crippen LogP contribution < -0.4 is 10.6 Å². The Morgan fingerprint density at radius 1 is 0.840 bits per heavy atom. The molecule has 4 aromatic rings. The fraction of sp³-hybridized carbons (Fsp3) is 0.350. The molecule has 0 bridgehead atoms. The van der Waals surface area contributed by atoms with Crippen molar-refractivity contribution in [2.24, 2.45) is 0 Å². The van der Waals surface area contributed by atoms with E-state index in [4.69, 9.17) is 0 Å². The number of hydrogen-bond donors (Lipinski definition) is 3. The molecule has 50 heavy (non-hydrogen) atoms. The normalized spacial score (nSPS) is 17.4. The molecule has 3 N–H and O–H groups in total. The summed E-state index contributed by atoms with van der Waals surface area (Å²) in [5.74, 6) is -1.83. The van der Waals surface area contributed by atoms with E-state index < -0.39 is 33.8 Å². The Balaban J connectivity index is 1.36. The number of rotatable bonds is 10. The van der Waals surface area contributed by atoms with Crippen LogP contribution in [0.1, 0.15) is 64.5 Å². The molecule has 1 fully saturated rings. The lowest BCUT2D eigenvalue weighted by Gasteiger charge is -2.53. The lowest BCUT2D eigenvalue weighted by atomic mass is 9.77. The van der Waals surface area contributed by atoms with Crippen molar-refractivity contribution in [3.05, 3.63) is 114 Å². The number of hydrogen-bond acceptors (Lipinski definition) is 5. The molecule has 0 saturated carbocycles.